The van der Waals surface area contributed by atoms with Crippen molar-refractivity contribution in [1.29, 1.82) is 0 Å². The van der Waals surface area contributed by atoms with E-state index >= 15 is 0 Å². The fourth-order valence-electron chi connectivity index (χ4n) is 2.01. The molecule has 1 saturated heterocycles. The van der Waals surface area contributed by atoms with Crippen LogP contribution in [0.3, 0.4) is 0 Å². The van der Waals surface area contributed by atoms with Crippen LogP contribution in [0.15, 0.2) is 6.33 Å². The van der Waals surface area contributed by atoms with Crippen LogP contribution in [0.1, 0.15) is 18.7 Å². The van der Waals surface area contributed by atoms with Crippen molar-refractivity contribution in [3.8, 4) is 0 Å². The van der Waals surface area contributed by atoms with Gasteiger partial charge in [0.25, 0.3) is 0 Å². The maximum atomic E-state index is 11.7. The molecule has 7 nitrogen and oxygen atoms in total. The Morgan fingerprint density at radius 2 is 2.28 bits per heavy atom. The molecule has 1 aliphatic rings. The lowest BCUT2D eigenvalue weighted by atomic mass is 10.1. The van der Waals surface area contributed by atoms with E-state index in [1.54, 1.807) is 18.1 Å². The molecule has 0 saturated carbocycles. The molecule has 2 heterocycles. The minimum absolute atomic E-state index is 0.0120. The van der Waals surface area contributed by atoms with E-state index in [0.717, 1.165) is 25.9 Å². The van der Waals surface area contributed by atoms with Crippen molar-refractivity contribution < 1.29 is 4.79 Å². The molecule has 1 fully saturated rings. The number of nitrogens with two attached hydrogens (primary N) is 1. The molecule has 0 radical (unpaired) electrons. The molecule has 0 aliphatic carbocycles. The molecule has 0 aromatic carbocycles. The highest BCUT2D eigenvalue weighted by atomic mass is 16.2. The number of aromatic nitrogens is 3. The zero-order chi connectivity index (χ0) is 13.0. The van der Waals surface area contributed by atoms with Crippen LogP contribution in [-0.4, -0.2) is 51.2 Å². The van der Waals surface area contributed by atoms with Gasteiger partial charge in [-0.25, -0.2) is 4.98 Å². The van der Waals surface area contributed by atoms with Gasteiger partial charge in [0.2, 0.25) is 5.91 Å². The molecule has 18 heavy (non-hydrogen) atoms. The number of nitrogens with one attached hydrogen (secondary N) is 1. The lowest BCUT2D eigenvalue weighted by Crippen LogP contribution is -2.44. The molecule has 0 spiro atoms. The summed E-state index contributed by atoms with van der Waals surface area (Å²) < 4.78 is 1.62. The van der Waals surface area contributed by atoms with E-state index < -0.39 is 0 Å². The molecule has 3 N–H and O–H groups in total. The van der Waals surface area contributed by atoms with Crippen molar-refractivity contribution in [2.45, 2.75) is 25.4 Å². The van der Waals surface area contributed by atoms with Crippen molar-refractivity contribution >= 4 is 5.91 Å². The monoisotopic (exact) mass is 252 g/mol. The van der Waals surface area contributed by atoms with Gasteiger partial charge in [-0.15, -0.1) is 0 Å². The van der Waals surface area contributed by atoms with Gasteiger partial charge in [0.05, 0.1) is 13.1 Å². The van der Waals surface area contributed by atoms with Gasteiger partial charge in [0.1, 0.15) is 6.33 Å². The number of likely N-dealkylation sites (tertiary alicyclic amines) is 1. The molecular formula is C11H20N6O. The van der Waals surface area contributed by atoms with Crippen LogP contribution in [-0.2, 0) is 18.4 Å². The summed E-state index contributed by atoms with van der Waals surface area (Å²) in [6.07, 6.45) is 3.55. The first kappa shape index (κ1) is 13.0. The average molecular weight is 252 g/mol. The molecule has 7 heteroatoms. The van der Waals surface area contributed by atoms with E-state index in [0.29, 0.717) is 25.0 Å². The average Bonchev–Trinajstić information content (AvgIpc) is 2.76. The summed E-state index contributed by atoms with van der Waals surface area (Å²) in [6.45, 7) is 2.61. The summed E-state index contributed by atoms with van der Waals surface area (Å²) in [5, 5.41) is 6.92. The Balaban J connectivity index is 1.69. The van der Waals surface area contributed by atoms with E-state index in [1.165, 1.54) is 0 Å². The predicted octanol–water partition coefficient (Wildman–Crippen LogP) is -1.15. The third-order valence-electron chi connectivity index (χ3n) is 3.09. The lowest BCUT2D eigenvalue weighted by Gasteiger charge is -2.29. The largest absolute Gasteiger partial charge is 0.348 e. The Morgan fingerprint density at radius 3 is 2.89 bits per heavy atom. The summed E-state index contributed by atoms with van der Waals surface area (Å²) in [7, 11) is 1.80. The van der Waals surface area contributed by atoms with Crippen LogP contribution < -0.4 is 11.1 Å². The highest BCUT2D eigenvalue weighted by molar-refractivity contribution is 5.77. The second-order valence-corrected chi connectivity index (χ2v) is 4.72. The fraction of sp³-hybridized carbons (Fsp3) is 0.727. The molecule has 1 aromatic rings. The number of amides is 1. The Hall–Kier alpha value is -1.47. The van der Waals surface area contributed by atoms with Crippen molar-refractivity contribution in [2.75, 3.05) is 19.6 Å². The lowest BCUT2D eigenvalue weighted by molar-refractivity contribution is -0.122. The standard InChI is InChI=1S/C11H20N6O/c1-16-8-14-10(15-16)6-13-11(18)7-17-4-2-9(12)3-5-17/h8-9H,2-7,12H2,1H3,(H,13,18). The van der Waals surface area contributed by atoms with E-state index in [2.05, 4.69) is 20.3 Å². The Morgan fingerprint density at radius 1 is 1.56 bits per heavy atom. The molecule has 0 atom stereocenters. The third-order valence-corrected chi connectivity index (χ3v) is 3.09. The van der Waals surface area contributed by atoms with Crippen molar-refractivity contribution in [2.24, 2.45) is 12.8 Å². The van der Waals surface area contributed by atoms with E-state index in [1.807, 2.05) is 0 Å². The second-order valence-electron chi connectivity index (χ2n) is 4.72. The van der Waals surface area contributed by atoms with E-state index in [9.17, 15) is 4.79 Å². The molecule has 0 unspecified atom stereocenters. The number of piperidine rings is 1. The van der Waals surface area contributed by atoms with Crippen LogP contribution in [0.4, 0.5) is 0 Å². The summed E-state index contributed by atoms with van der Waals surface area (Å²) in [4.78, 5) is 17.9. The van der Waals surface area contributed by atoms with Crippen molar-refractivity contribution in [1.82, 2.24) is 25.0 Å². The van der Waals surface area contributed by atoms with Crippen LogP contribution in [0, 0.1) is 0 Å². The number of hydrogen-bond donors (Lipinski definition) is 2. The van der Waals surface area contributed by atoms with Crippen LogP contribution in [0.5, 0.6) is 0 Å². The summed E-state index contributed by atoms with van der Waals surface area (Å²) >= 11 is 0. The smallest absolute Gasteiger partial charge is 0.234 e. The normalized spacial score (nSPS) is 17.9. The molecule has 1 aliphatic heterocycles. The fourth-order valence-corrected chi connectivity index (χ4v) is 2.01. The number of carbonyl (C=O) groups is 1. The van der Waals surface area contributed by atoms with E-state index in [-0.39, 0.29) is 5.91 Å². The van der Waals surface area contributed by atoms with Gasteiger partial charge in [-0.2, -0.15) is 5.10 Å². The molecule has 2 rings (SSSR count). The number of aryl methyl sites for hydroxylation is 1. The van der Waals surface area contributed by atoms with Gasteiger partial charge in [-0.05, 0) is 12.8 Å². The van der Waals surface area contributed by atoms with Crippen molar-refractivity contribution in [3.05, 3.63) is 12.2 Å². The topological polar surface area (TPSA) is 89.1 Å². The van der Waals surface area contributed by atoms with Crippen LogP contribution in [0.2, 0.25) is 0 Å². The van der Waals surface area contributed by atoms with Gasteiger partial charge in [0, 0.05) is 26.2 Å². The summed E-state index contributed by atoms with van der Waals surface area (Å²) in [5.74, 6) is 0.643. The Labute approximate surface area is 106 Å². The highest BCUT2D eigenvalue weighted by Crippen LogP contribution is 2.07. The number of carbonyl (C=O) groups excluding carboxylic acids is 1. The Bertz CT molecular complexity index is 396. The number of hydrogen-bond acceptors (Lipinski definition) is 5. The van der Waals surface area contributed by atoms with Crippen molar-refractivity contribution in [3.63, 3.8) is 0 Å². The highest BCUT2D eigenvalue weighted by Gasteiger charge is 2.18. The zero-order valence-electron chi connectivity index (χ0n) is 10.7. The maximum absolute atomic E-state index is 11.7. The first-order valence-electron chi connectivity index (χ1n) is 6.22. The first-order chi connectivity index (χ1) is 8.63. The summed E-state index contributed by atoms with van der Waals surface area (Å²) in [5.41, 5.74) is 5.82. The molecule has 100 valence electrons. The van der Waals surface area contributed by atoms with Crippen LogP contribution in [0.25, 0.3) is 0 Å². The minimum Gasteiger partial charge on any atom is -0.348 e. The van der Waals surface area contributed by atoms with Gasteiger partial charge >= 0.3 is 0 Å². The first-order valence-corrected chi connectivity index (χ1v) is 6.22. The van der Waals surface area contributed by atoms with Gasteiger partial charge < -0.3 is 11.1 Å². The quantitative estimate of drug-likeness (QED) is 0.706. The maximum Gasteiger partial charge on any atom is 0.234 e. The van der Waals surface area contributed by atoms with E-state index in [4.69, 9.17) is 5.73 Å². The van der Waals surface area contributed by atoms with Gasteiger partial charge in [0.15, 0.2) is 5.82 Å². The second kappa shape index (κ2) is 5.92. The third kappa shape index (κ3) is 3.78. The predicted molar refractivity (Wildman–Crippen MR) is 66.5 cm³/mol. The van der Waals surface area contributed by atoms with Crippen LogP contribution >= 0.6 is 0 Å². The minimum atomic E-state index is 0.0120. The number of nitrogens with zero attached hydrogens (tertiary/aromatic N) is 4. The van der Waals surface area contributed by atoms with Gasteiger partial charge in [-0.3, -0.25) is 14.4 Å². The number of rotatable bonds is 4. The molecule has 1 aromatic heterocycles. The van der Waals surface area contributed by atoms with Gasteiger partial charge in [-0.1, -0.05) is 0 Å². The molecular weight excluding hydrogens is 232 g/mol. The Kier molecular flexibility index (Phi) is 4.27. The molecule has 1 amide bonds. The zero-order valence-corrected chi connectivity index (χ0v) is 10.7. The SMILES string of the molecule is Cn1cnc(CNC(=O)CN2CCC(N)CC2)n1. The molecule has 0 bridgehead atoms. The summed E-state index contributed by atoms with van der Waals surface area (Å²) in [6, 6.07) is 0.294.